The topological polar surface area (TPSA) is 144 Å². The van der Waals surface area contributed by atoms with Crippen molar-refractivity contribution in [1.29, 1.82) is 0 Å². The van der Waals surface area contributed by atoms with E-state index in [1.54, 1.807) is 45.2 Å². The maximum Gasteiger partial charge on any atom is 0.329 e. The number of fused-ring (bicyclic) bond motifs is 2. The molecule has 3 amide bonds. The molecule has 1 aliphatic rings. The van der Waals surface area contributed by atoms with Crippen LogP contribution in [0.3, 0.4) is 0 Å². The summed E-state index contributed by atoms with van der Waals surface area (Å²) in [5.74, 6) is -1.86. The van der Waals surface area contributed by atoms with Gasteiger partial charge in [0.15, 0.2) is 5.12 Å². The molecule has 0 unspecified atom stereocenters. The minimum atomic E-state index is -1.33. The maximum absolute atomic E-state index is 13.2. The Labute approximate surface area is 251 Å². The average Bonchev–Trinajstić information content (AvgIpc) is 3.38. The lowest BCUT2D eigenvalue weighted by Crippen LogP contribution is -2.59. The molecule has 1 aliphatic heterocycles. The average molecular weight is 609 g/mol. The van der Waals surface area contributed by atoms with Crippen molar-refractivity contribution in [3.05, 3.63) is 28.2 Å². The lowest BCUT2D eigenvalue weighted by Gasteiger charge is -2.29. The Morgan fingerprint density at radius 2 is 1.93 bits per heavy atom. The van der Waals surface area contributed by atoms with Crippen LogP contribution in [0.2, 0.25) is 0 Å². The molecule has 0 saturated carbocycles. The summed E-state index contributed by atoms with van der Waals surface area (Å²) in [6.45, 7) is 8.88. The summed E-state index contributed by atoms with van der Waals surface area (Å²) in [4.78, 5) is 68.1. The number of nitrogens with zero attached hydrogens (tertiary/aromatic N) is 1. The van der Waals surface area contributed by atoms with E-state index in [0.29, 0.717) is 23.6 Å². The van der Waals surface area contributed by atoms with Crippen LogP contribution in [0.1, 0.15) is 101 Å². The van der Waals surface area contributed by atoms with Crippen molar-refractivity contribution < 1.29 is 28.7 Å². The molecule has 228 valence electrons. The Bertz CT molecular complexity index is 1090. The third-order valence-corrected chi connectivity index (χ3v) is 8.27. The highest BCUT2D eigenvalue weighted by Crippen LogP contribution is 2.16. The Balaban J connectivity index is 2.09. The SMILES string of the molecule is CCCCCCCC(=O)SCCC=C[C@@H]1CC(=O)NCc2nc(cs2)C(=O)NC(C)(C)C(=O)N[C@@H](C(C)C)C(=O)O1. The molecule has 2 bridgehead atoms. The quantitative estimate of drug-likeness (QED) is 0.192. The highest BCUT2D eigenvalue weighted by molar-refractivity contribution is 8.13. The first-order valence-electron chi connectivity index (χ1n) is 14.3. The molecular formula is C29H44N4O6S2. The molecule has 0 saturated heterocycles. The summed E-state index contributed by atoms with van der Waals surface area (Å²) < 4.78 is 5.70. The third-order valence-electron chi connectivity index (χ3n) is 6.46. The molecule has 1 aromatic rings. The van der Waals surface area contributed by atoms with Crippen LogP contribution in [0.4, 0.5) is 0 Å². The predicted molar refractivity (Wildman–Crippen MR) is 161 cm³/mol. The lowest BCUT2D eigenvalue weighted by atomic mass is 9.99. The lowest BCUT2D eigenvalue weighted by molar-refractivity contribution is -0.153. The Hall–Kier alpha value is -2.73. The van der Waals surface area contributed by atoms with Crippen LogP contribution in [0.15, 0.2) is 17.5 Å². The van der Waals surface area contributed by atoms with E-state index in [2.05, 4.69) is 27.9 Å². The van der Waals surface area contributed by atoms with Gasteiger partial charge in [0, 0.05) is 17.6 Å². The van der Waals surface area contributed by atoms with Crippen LogP contribution >= 0.6 is 23.1 Å². The minimum Gasteiger partial charge on any atom is -0.456 e. The third kappa shape index (κ3) is 12.4. The summed E-state index contributed by atoms with van der Waals surface area (Å²) in [6.07, 6.45) is 9.11. The van der Waals surface area contributed by atoms with Gasteiger partial charge in [-0.05, 0) is 38.7 Å². The van der Waals surface area contributed by atoms with Crippen molar-refractivity contribution in [3.8, 4) is 0 Å². The second-order valence-electron chi connectivity index (χ2n) is 11.0. The predicted octanol–water partition coefficient (Wildman–Crippen LogP) is 4.29. The molecule has 41 heavy (non-hydrogen) atoms. The van der Waals surface area contributed by atoms with Crippen molar-refractivity contribution in [2.45, 2.75) is 110 Å². The molecule has 0 aromatic carbocycles. The fourth-order valence-corrected chi connectivity index (χ4v) is 5.44. The van der Waals surface area contributed by atoms with E-state index in [0.717, 1.165) is 19.3 Å². The van der Waals surface area contributed by atoms with E-state index in [9.17, 15) is 24.0 Å². The van der Waals surface area contributed by atoms with Crippen LogP contribution in [0, 0.1) is 5.92 Å². The van der Waals surface area contributed by atoms with Gasteiger partial charge in [-0.1, -0.05) is 64.3 Å². The molecule has 12 heteroatoms. The Morgan fingerprint density at radius 1 is 1.20 bits per heavy atom. The number of cyclic esters (lactones) is 1. The van der Waals surface area contributed by atoms with Gasteiger partial charge in [0.1, 0.15) is 28.4 Å². The number of ether oxygens (including phenoxy) is 1. The largest absolute Gasteiger partial charge is 0.456 e. The zero-order valence-electron chi connectivity index (χ0n) is 24.7. The number of thiazole rings is 1. The number of unbranched alkanes of at least 4 members (excludes halogenated alkanes) is 4. The highest BCUT2D eigenvalue weighted by Gasteiger charge is 2.36. The van der Waals surface area contributed by atoms with Gasteiger partial charge in [0.05, 0.1) is 13.0 Å². The Morgan fingerprint density at radius 3 is 2.63 bits per heavy atom. The van der Waals surface area contributed by atoms with Crippen molar-refractivity contribution in [3.63, 3.8) is 0 Å². The number of aromatic nitrogens is 1. The van der Waals surface area contributed by atoms with Gasteiger partial charge in [-0.25, -0.2) is 9.78 Å². The van der Waals surface area contributed by atoms with E-state index in [4.69, 9.17) is 4.74 Å². The maximum atomic E-state index is 13.2. The number of carbonyl (C=O) groups is 5. The molecule has 2 heterocycles. The van der Waals surface area contributed by atoms with Crippen LogP contribution in [0.25, 0.3) is 0 Å². The van der Waals surface area contributed by atoms with E-state index >= 15 is 0 Å². The molecule has 3 N–H and O–H groups in total. The number of allylic oxidation sites excluding steroid dienone is 1. The second kappa shape index (κ2) is 17.3. The van der Waals surface area contributed by atoms with Crippen LogP contribution in [-0.2, 0) is 30.5 Å². The van der Waals surface area contributed by atoms with Crippen molar-refractivity contribution >= 4 is 51.9 Å². The van der Waals surface area contributed by atoms with Gasteiger partial charge >= 0.3 is 5.97 Å². The molecule has 2 atom stereocenters. The normalized spacial score (nSPS) is 20.4. The van der Waals surface area contributed by atoms with Crippen molar-refractivity contribution in [2.75, 3.05) is 5.75 Å². The number of hydrogen-bond acceptors (Lipinski definition) is 9. The second-order valence-corrected chi connectivity index (χ2v) is 13.1. The summed E-state index contributed by atoms with van der Waals surface area (Å²) in [6, 6.07) is -0.998. The monoisotopic (exact) mass is 608 g/mol. The smallest absolute Gasteiger partial charge is 0.329 e. The first kappa shape index (κ1) is 34.5. The molecule has 0 fully saturated rings. The van der Waals surface area contributed by atoms with Crippen LogP contribution in [-0.4, -0.2) is 57.2 Å². The minimum absolute atomic E-state index is 0.108. The summed E-state index contributed by atoms with van der Waals surface area (Å²) in [5, 5.41) is 10.4. The molecule has 2 rings (SSSR count). The number of rotatable bonds is 11. The number of nitrogens with one attached hydrogen (secondary N) is 3. The number of thioether (sulfide) groups is 1. The fraction of sp³-hybridized carbons (Fsp3) is 0.655. The van der Waals surface area contributed by atoms with Gasteiger partial charge < -0.3 is 20.7 Å². The van der Waals surface area contributed by atoms with Crippen LogP contribution < -0.4 is 16.0 Å². The molecule has 0 radical (unpaired) electrons. The standard InChI is InChI=1S/C29H44N4O6S2/c1-6-7-8-9-10-14-24(35)40-15-12-11-13-20-16-22(34)30-17-23-31-21(18-41-23)26(36)33-29(4,5)28(38)32-25(19(2)3)27(37)39-20/h11,13,18-20,25H,6-10,12,14-17H2,1-5H3,(H,30,34)(H,32,38)(H,33,36)/t20-,25+/m1/s1. The first-order valence-corrected chi connectivity index (χ1v) is 16.2. The number of carbonyl (C=O) groups excluding carboxylic acids is 5. The zero-order chi connectivity index (χ0) is 30.4. The molecular weight excluding hydrogens is 564 g/mol. The fourth-order valence-electron chi connectivity index (χ4n) is 3.95. The molecule has 1 aromatic heterocycles. The Kier molecular flexibility index (Phi) is 14.5. The molecule has 0 spiro atoms. The van der Waals surface area contributed by atoms with Gasteiger partial charge in [-0.3, -0.25) is 19.2 Å². The molecule has 0 aliphatic carbocycles. The first-order chi connectivity index (χ1) is 19.4. The van der Waals surface area contributed by atoms with E-state index in [-0.39, 0.29) is 35.6 Å². The van der Waals surface area contributed by atoms with Gasteiger partial charge in [-0.15, -0.1) is 11.3 Å². The number of amides is 3. The molecule has 10 nitrogen and oxygen atoms in total. The summed E-state index contributed by atoms with van der Waals surface area (Å²) in [7, 11) is 0. The van der Waals surface area contributed by atoms with Crippen molar-refractivity contribution in [1.82, 2.24) is 20.9 Å². The van der Waals surface area contributed by atoms with Gasteiger partial charge in [0.25, 0.3) is 5.91 Å². The number of esters is 1. The summed E-state index contributed by atoms with van der Waals surface area (Å²) >= 11 is 2.51. The van der Waals surface area contributed by atoms with E-state index in [1.165, 1.54) is 35.9 Å². The highest BCUT2D eigenvalue weighted by atomic mass is 32.2. The van der Waals surface area contributed by atoms with Crippen LogP contribution in [0.5, 0.6) is 0 Å². The van der Waals surface area contributed by atoms with Gasteiger partial charge in [0.2, 0.25) is 11.8 Å². The van der Waals surface area contributed by atoms with Gasteiger partial charge in [-0.2, -0.15) is 0 Å². The summed E-state index contributed by atoms with van der Waals surface area (Å²) in [5.41, 5.74) is -1.19. The number of hydrogen-bond donors (Lipinski definition) is 3. The van der Waals surface area contributed by atoms with E-state index < -0.39 is 35.5 Å². The van der Waals surface area contributed by atoms with Crippen molar-refractivity contribution in [2.24, 2.45) is 5.92 Å². The van der Waals surface area contributed by atoms with E-state index in [1.807, 2.05) is 0 Å². The zero-order valence-corrected chi connectivity index (χ0v) is 26.4.